The summed E-state index contributed by atoms with van der Waals surface area (Å²) in [5, 5.41) is 9.16. The molecule has 0 atom stereocenters. The van der Waals surface area contributed by atoms with Gasteiger partial charge in [0.1, 0.15) is 18.1 Å². The quantitative estimate of drug-likeness (QED) is 0.766. The third-order valence-corrected chi connectivity index (χ3v) is 2.63. The van der Waals surface area contributed by atoms with Gasteiger partial charge in [0.25, 0.3) is 0 Å². The Balaban J connectivity index is 2.13. The molecule has 0 spiro atoms. The molecule has 0 amide bonds. The summed E-state index contributed by atoms with van der Waals surface area (Å²) >= 11 is 0. The monoisotopic (exact) mass is 182 g/mol. The summed E-state index contributed by atoms with van der Waals surface area (Å²) in [5.74, 6) is 1.74. The number of rotatable bonds is 4. The van der Waals surface area contributed by atoms with Crippen LogP contribution in [0.4, 0.5) is 0 Å². The Labute approximate surface area is 77.3 Å². The maximum absolute atomic E-state index is 9.16. The summed E-state index contributed by atoms with van der Waals surface area (Å²) in [5.41, 5.74) is -0.0635. The molecule has 13 heavy (non-hydrogen) atoms. The van der Waals surface area contributed by atoms with Crippen LogP contribution in [0.25, 0.3) is 0 Å². The summed E-state index contributed by atoms with van der Waals surface area (Å²) in [7, 11) is 1.64. The van der Waals surface area contributed by atoms with Crippen molar-refractivity contribution >= 4 is 0 Å². The number of hydrogen-bond donors (Lipinski definition) is 1. The zero-order chi connectivity index (χ0) is 9.31. The summed E-state index contributed by atoms with van der Waals surface area (Å²) < 4.78 is 10.5. The van der Waals surface area contributed by atoms with Gasteiger partial charge in [-0.15, -0.1) is 0 Å². The molecule has 1 aliphatic carbocycles. The fourth-order valence-electron chi connectivity index (χ4n) is 1.52. The molecule has 1 aromatic rings. The molecule has 0 bridgehead atoms. The Morgan fingerprint density at radius 1 is 1.54 bits per heavy atom. The molecule has 1 aromatic heterocycles. The fourth-order valence-corrected chi connectivity index (χ4v) is 1.52. The minimum Gasteiger partial charge on any atom is -0.463 e. The van der Waals surface area contributed by atoms with Gasteiger partial charge < -0.3 is 14.3 Å². The van der Waals surface area contributed by atoms with Crippen molar-refractivity contribution in [3.8, 4) is 0 Å². The van der Waals surface area contributed by atoms with Crippen molar-refractivity contribution in [1.29, 1.82) is 0 Å². The first-order valence-electron chi connectivity index (χ1n) is 4.50. The number of ether oxygens (including phenoxy) is 1. The van der Waals surface area contributed by atoms with Crippen molar-refractivity contribution in [2.24, 2.45) is 0 Å². The van der Waals surface area contributed by atoms with Gasteiger partial charge >= 0.3 is 0 Å². The van der Waals surface area contributed by atoms with Crippen molar-refractivity contribution in [3.63, 3.8) is 0 Å². The van der Waals surface area contributed by atoms with Crippen LogP contribution < -0.4 is 0 Å². The maximum Gasteiger partial charge on any atom is 0.129 e. The Morgan fingerprint density at radius 2 is 2.31 bits per heavy atom. The average Bonchev–Trinajstić information content (AvgIpc) is 2.82. The van der Waals surface area contributed by atoms with Crippen LogP contribution in [0.15, 0.2) is 16.5 Å². The van der Waals surface area contributed by atoms with E-state index >= 15 is 0 Å². The van der Waals surface area contributed by atoms with Gasteiger partial charge in [-0.3, -0.25) is 0 Å². The summed E-state index contributed by atoms with van der Waals surface area (Å²) in [4.78, 5) is 0. The number of hydrogen-bond acceptors (Lipinski definition) is 3. The molecule has 1 heterocycles. The van der Waals surface area contributed by atoms with E-state index < -0.39 is 0 Å². The van der Waals surface area contributed by atoms with E-state index in [0.29, 0.717) is 6.61 Å². The molecule has 3 heteroatoms. The number of aliphatic hydroxyl groups is 1. The SMILES string of the molecule is COCc1ccc(C2(CO)CC2)o1. The molecule has 72 valence electrons. The molecular formula is C10H14O3. The van der Waals surface area contributed by atoms with Crippen LogP contribution in [0.3, 0.4) is 0 Å². The van der Waals surface area contributed by atoms with Gasteiger partial charge in [0.05, 0.1) is 12.0 Å². The Morgan fingerprint density at radius 3 is 2.85 bits per heavy atom. The number of furan rings is 1. The molecule has 3 nitrogen and oxygen atoms in total. The van der Waals surface area contributed by atoms with E-state index in [1.165, 1.54) is 0 Å². The Bertz CT molecular complexity index is 286. The highest BCUT2D eigenvalue weighted by atomic mass is 16.5. The first-order valence-corrected chi connectivity index (χ1v) is 4.50. The Hall–Kier alpha value is -0.800. The lowest BCUT2D eigenvalue weighted by molar-refractivity contribution is 0.158. The molecule has 2 rings (SSSR count). The van der Waals surface area contributed by atoms with E-state index in [2.05, 4.69) is 0 Å². The van der Waals surface area contributed by atoms with Gasteiger partial charge in [-0.1, -0.05) is 0 Å². The lowest BCUT2D eigenvalue weighted by atomic mass is 10.1. The maximum atomic E-state index is 9.16. The van der Waals surface area contributed by atoms with Gasteiger partial charge in [0.2, 0.25) is 0 Å². The second kappa shape index (κ2) is 3.16. The summed E-state index contributed by atoms with van der Waals surface area (Å²) in [6.07, 6.45) is 2.06. The molecular weight excluding hydrogens is 168 g/mol. The third-order valence-electron chi connectivity index (χ3n) is 2.63. The normalized spacial score (nSPS) is 18.9. The molecule has 1 aliphatic rings. The fraction of sp³-hybridized carbons (Fsp3) is 0.600. The minimum absolute atomic E-state index is 0.0635. The highest BCUT2D eigenvalue weighted by Gasteiger charge is 2.46. The average molecular weight is 182 g/mol. The predicted octanol–water partition coefficient (Wildman–Crippen LogP) is 1.45. The molecule has 0 aromatic carbocycles. The van der Waals surface area contributed by atoms with Crippen molar-refractivity contribution < 1.29 is 14.3 Å². The van der Waals surface area contributed by atoms with Gasteiger partial charge in [-0.25, -0.2) is 0 Å². The molecule has 0 radical (unpaired) electrons. The Kier molecular flexibility index (Phi) is 2.14. The van der Waals surface area contributed by atoms with Crippen molar-refractivity contribution in [2.45, 2.75) is 24.9 Å². The van der Waals surface area contributed by atoms with Gasteiger partial charge in [0, 0.05) is 7.11 Å². The van der Waals surface area contributed by atoms with Crippen LogP contribution in [0.5, 0.6) is 0 Å². The van der Waals surface area contributed by atoms with Crippen LogP contribution in [0.2, 0.25) is 0 Å². The molecule has 0 unspecified atom stereocenters. The second-order valence-electron chi connectivity index (χ2n) is 3.64. The molecule has 1 saturated carbocycles. The third kappa shape index (κ3) is 1.49. The highest BCUT2D eigenvalue weighted by molar-refractivity contribution is 5.24. The van der Waals surface area contributed by atoms with Gasteiger partial charge in [0.15, 0.2) is 0 Å². The van der Waals surface area contributed by atoms with E-state index in [1.54, 1.807) is 7.11 Å². The molecule has 1 fully saturated rings. The van der Waals surface area contributed by atoms with E-state index in [0.717, 1.165) is 24.4 Å². The first-order chi connectivity index (χ1) is 6.30. The number of methoxy groups -OCH3 is 1. The van der Waals surface area contributed by atoms with E-state index in [1.807, 2.05) is 12.1 Å². The highest BCUT2D eigenvalue weighted by Crippen LogP contribution is 2.48. The van der Waals surface area contributed by atoms with Crippen molar-refractivity contribution in [1.82, 2.24) is 0 Å². The van der Waals surface area contributed by atoms with Gasteiger partial charge in [-0.2, -0.15) is 0 Å². The molecule has 1 N–H and O–H groups in total. The first kappa shape index (κ1) is 8.78. The van der Waals surface area contributed by atoms with Crippen molar-refractivity contribution in [3.05, 3.63) is 23.7 Å². The van der Waals surface area contributed by atoms with Crippen LogP contribution in [0.1, 0.15) is 24.4 Å². The zero-order valence-corrected chi connectivity index (χ0v) is 7.75. The standard InChI is InChI=1S/C10H14O3/c1-12-6-8-2-3-9(13-8)10(7-11)4-5-10/h2-3,11H,4-7H2,1H3. The van der Waals surface area contributed by atoms with Crippen LogP contribution in [-0.2, 0) is 16.8 Å². The largest absolute Gasteiger partial charge is 0.463 e. The smallest absolute Gasteiger partial charge is 0.129 e. The zero-order valence-electron chi connectivity index (χ0n) is 7.75. The van der Waals surface area contributed by atoms with Crippen LogP contribution >= 0.6 is 0 Å². The van der Waals surface area contributed by atoms with E-state index in [9.17, 15) is 0 Å². The minimum atomic E-state index is -0.0635. The predicted molar refractivity (Wildman–Crippen MR) is 47.4 cm³/mol. The summed E-state index contributed by atoms with van der Waals surface area (Å²) in [6, 6.07) is 3.85. The lowest BCUT2D eigenvalue weighted by Gasteiger charge is -2.06. The number of aliphatic hydroxyl groups excluding tert-OH is 1. The molecule has 0 aliphatic heterocycles. The van der Waals surface area contributed by atoms with Gasteiger partial charge in [-0.05, 0) is 25.0 Å². The second-order valence-corrected chi connectivity index (χ2v) is 3.64. The van der Waals surface area contributed by atoms with E-state index in [-0.39, 0.29) is 12.0 Å². The lowest BCUT2D eigenvalue weighted by Crippen LogP contribution is -2.10. The van der Waals surface area contributed by atoms with E-state index in [4.69, 9.17) is 14.3 Å². The molecule has 0 saturated heterocycles. The summed E-state index contributed by atoms with van der Waals surface area (Å²) in [6.45, 7) is 0.689. The van der Waals surface area contributed by atoms with Crippen LogP contribution in [0, 0.1) is 0 Å². The van der Waals surface area contributed by atoms with Crippen LogP contribution in [-0.4, -0.2) is 18.8 Å². The topological polar surface area (TPSA) is 42.6 Å². The van der Waals surface area contributed by atoms with Crippen molar-refractivity contribution in [2.75, 3.05) is 13.7 Å².